The topological polar surface area (TPSA) is 54.5 Å². The first kappa shape index (κ1) is 19.2. The first-order valence-corrected chi connectivity index (χ1v) is 8.66. The zero-order valence-electron chi connectivity index (χ0n) is 14.6. The molecule has 8 heteroatoms. The Morgan fingerprint density at radius 3 is 2.74 bits per heavy atom. The summed E-state index contributed by atoms with van der Waals surface area (Å²) in [6.07, 6.45) is 0.296. The molecule has 0 radical (unpaired) electrons. The van der Waals surface area contributed by atoms with Crippen molar-refractivity contribution in [2.24, 2.45) is 0 Å². The van der Waals surface area contributed by atoms with Gasteiger partial charge in [0.2, 0.25) is 0 Å². The van der Waals surface area contributed by atoms with Crippen molar-refractivity contribution in [2.45, 2.75) is 31.7 Å². The normalized spacial score (nSPS) is 16.9. The zero-order valence-corrected chi connectivity index (χ0v) is 14.6. The highest BCUT2D eigenvalue weighted by molar-refractivity contribution is 5.90. The number of nitrogens with zero attached hydrogens (tertiary/aromatic N) is 2. The predicted molar refractivity (Wildman–Crippen MR) is 94.1 cm³/mol. The lowest BCUT2D eigenvalue weighted by molar-refractivity contribution is -0.136. The Hall–Kier alpha value is -2.61. The number of carbonyl (C=O) groups is 1. The predicted octanol–water partition coefficient (Wildman–Crippen LogP) is 4.31. The molecule has 0 aliphatic carbocycles. The lowest BCUT2D eigenvalue weighted by Gasteiger charge is -2.26. The molecule has 2 amide bonds. The van der Waals surface area contributed by atoms with Crippen molar-refractivity contribution in [1.82, 2.24) is 9.88 Å². The molecule has 2 heterocycles. The van der Waals surface area contributed by atoms with Gasteiger partial charge in [-0.3, -0.25) is 4.98 Å². The number of rotatable bonds is 5. The lowest BCUT2D eigenvalue weighted by atomic mass is 10.1. The number of ether oxygens (including phenoxy) is 1. The summed E-state index contributed by atoms with van der Waals surface area (Å²) in [5, 5.41) is 2.40. The number of aromatic nitrogens is 1. The van der Waals surface area contributed by atoms with Gasteiger partial charge in [-0.2, -0.15) is 13.2 Å². The SMILES string of the molecule is O=C(Nc1ccccc1C(F)(F)F)N(Cc1cccnc1)CC1CCCO1. The lowest BCUT2D eigenvalue weighted by Crippen LogP contribution is -2.40. The van der Waals surface area contributed by atoms with Gasteiger partial charge < -0.3 is 15.0 Å². The molecule has 1 saturated heterocycles. The Labute approximate surface area is 155 Å². The molecule has 5 nitrogen and oxygen atoms in total. The number of hydrogen-bond donors (Lipinski definition) is 1. The van der Waals surface area contributed by atoms with Crippen molar-refractivity contribution in [3.05, 3.63) is 59.9 Å². The molecule has 1 fully saturated rings. The van der Waals surface area contributed by atoms with Gasteiger partial charge in [0.05, 0.1) is 17.4 Å². The Morgan fingerprint density at radius 2 is 2.07 bits per heavy atom. The van der Waals surface area contributed by atoms with E-state index < -0.39 is 17.8 Å². The highest BCUT2D eigenvalue weighted by atomic mass is 19.4. The molecule has 0 saturated carbocycles. The van der Waals surface area contributed by atoms with Crippen LogP contribution in [0.2, 0.25) is 0 Å². The Bertz CT molecular complexity index is 762. The Kier molecular flexibility index (Phi) is 5.95. The number of pyridine rings is 1. The van der Waals surface area contributed by atoms with Crippen LogP contribution in [0.5, 0.6) is 0 Å². The van der Waals surface area contributed by atoms with Crippen LogP contribution in [-0.2, 0) is 17.5 Å². The first-order valence-electron chi connectivity index (χ1n) is 8.66. The summed E-state index contributed by atoms with van der Waals surface area (Å²) in [5.41, 5.74) is -0.356. The van der Waals surface area contributed by atoms with Gasteiger partial charge in [-0.15, -0.1) is 0 Å². The number of hydrogen-bond acceptors (Lipinski definition) is 3. The van der Waals surface area contributed by atoms with Crippen LogP contribution < -0.4 is 5.32 Å². The van der Waals surface area contributed by atoms with Gasteiger partial charge in [-0.25, -0.2) is 4.79 Å². The highest BCUT2D eigenvalue weighted by Gasteiger charge is 2.34. The minimum absolute atomic E-state index is 0.120. The van der Waals surface area contributed by atoms with Gasteiger partial charge in [0.15, 0.2) is 0 Å². The number of para-hydroxylation sites is 1. The molecule has 144 valence electrons. The maximum atomic E-state index is 13.2. The van der Waals surface area contributed by atoms with E-state index in [1.807, 2.05) is 6.07 Å². The fourth-order valence-electron chi connectivity index (χ4n) is 3.00. The second-order valence-corrected chi connectivity index (χ2v) is 6.35. The number of anilines is 1. The summed E-state index contributed by atoms with van der Waals surface area (Å²) < 4.78 is 45.1. The van der Waals surface area contributed by atoms with Crippen LogP contribution in [0.1, 0.15) is 24.0 Å². The smallest absolute Gasteiger partial charge is 0.376 e. The quantitative estimate of drug-likeness (QED) is 0.842. The van der Waals surface area contributed by atoms with Gasteiger partial charge in [0.25, 0.3) is 0 Å². The monoisotopic (exact) mass is 379 g/mol. The van der Waals surface area contributed by atoms with Gasteiger partial charge in [0, 0.05) is 32.1 Å². The minimum Gasteiger partial charge on any atom is -0.376 e. The van der Waals surface area contributed by atoms with Gasteiger partial charge >= 0.3 is 12.2 Å². The largest absolute Gasteiger partial charge is 0.418 e. The van der Waals surface area contributed by atoms with Crippen LogP contribution in [-0.4, -0.2) is 35.2 Å². The van der Waals surface area contributed by atoms with Crippen molar-refractivity contribution in [3.63, 3.8) is 0 Å². The van der Waals surface area contributed by atoms with Crippen LogP contribution in [0.15, 0.2) is 48.8 Å². The molecule has 1 aliphatic rings. The third-order valence-corrected chi connectivity index (χ3v) is 4.31. The van der Waals surface area contributed by atoms with Crippen molar-refractivity contribution in [1.29, 1.82) is 0 Å². The zero-order chi connectivity index (χ0) is 19.3. The third-order valence-electron chi connectivity index (χ3n) is 4.31. The Balaban J connectivity index is 1.78. The molecular weight excluding hydrogens is 359 g/mol. The van der Waals surface area contributed by atoms with Crippen LogP contribution in [0.4, 0.5) is 23.7 Å². The van der Waals surface area contributed by atoms with Crippen molar-refractivity contribution < 1.29 is 22.7 Å². The standard InChI is InChI=1S/C19H20F3N3O2/c20-19(21,22)16-7-1-2-8-17(16)24-18(26)25(13-15-6-4-10-27-15)12-14-5-3-9-23-11-14/h1-3,5,7-9,11,15H,4,6,10,12-13H2,(H,24,26). The van der Waals surface area contributed by atoms with Crippen LogP contribution in [0.3, 0.4) is 0 Å². The molecule has 0 bridgehead atoms. The van der Waals surface area contributed by atoms with Gasteiger partial charge in [-0.1, -0.05) is 18.2 Å². The maximum absolute atomic E-state index is 13.2. The molecule has 0 spiro atoms. The van der Waals surface area contributed by atoms with E-state index in [1.165, 1.54) is 23.1 Å². The molecular formula is C19H20F3N3O2. The van der Waals surface area contributed by atoms with Gasteiger partial charge in [0.1, 0.15) is 0 Å². The number of benzene rings is 1. The number of nitrogens with one attached hydrogen (secondary N) is 1. The molecule has 1 aromatic heterocycles. The van der Waals surface area contributed by atoms with E-state index in [4.69, 9.17) is 4.74 Å². The number of amides is 2. The van der Waals surface area contributed by atoms with E-state index in [0.717, 1.165) is 24.5 Å². The van der Waals surface area contributed by atoms with E-state index in [9.17, 15) is 18.0 Å². The van der Waals surface area contributed by atoms with Crippen molar-refractivity contribution in [3.8, 4) is 0 Å². The van der Waals surface area contributed by atoms with Crippen LogP contribution >= 0.6 is 0 Å². The third kappa shape index (κ3) is 5.19. The second-order valence-electron chi connectivity index (χ2n) is 6.35. The van der Waals surface area contributed by atoms with Crippen LogP contribution in [0, 0.1) is 0 Å². The molecule has 27 heavy (non-hydrogen) atoms. The average molecular weight is 379 g/mol. The summed E-state index contributed by atoms with van der Waals surface area (Å²) in [5.74, 6) is 0. The fourth-order valence-corrected chi connectivity index (χ4v) is 3.00. The number of halogens is 3. The molecule has 1 aliphatic heterocycles. The van der Waals surface area contributed by atoms with E-state index in [1.54, 1.807) is 18.5 Å². The minimum atomic E-state index is -4.55. The molecule has 1 aromatic carbocycles. The number of urea groups is 1. The number of alkyl halides is 3. The molecule has 2 aromatic rings. The highest BCUT2D eigenvalue weighted by Crippen LogP contribution is 2.34. The van der Waals surface area contributed by atoms with Crippen molar-refractivity contribution in [2.75, 3.05) is 18.5 Å². The van der Waals surface area contributed by atoms with E-state index >= 15 is 0 Å². The summed E-state index contributed by atoms with van der Waals surface area (Å²) in [4.78, 5) is 18.2. The fraction of sp³-hybridized carbons (Fsp3) is 0.368. The van der Waals surface area contributed by atoms with E-state index in [-0.39, 0.29) is 18.3 Å². The molecule has 1 N–H and O–H groups in total. The average Bonchev–Trinajstić information content (AvgIpc) is 3.15. The van der Waals surface area contributed by atoms with Gasteiger partial charge in [-0.05, 0) is 36.6 Å². The summed E-state index contributed by atoms with van der Waals surface area (Å²) in [6, 6.07) is 7.89. The first-order chi connectivity index (χ1) is 12.9. The summed E-state index contributed by atoms with van der Waals surface area (Å²) in [7, 11) is 0. The van der Waals surface area contributed by atoms with Crippen molar-refractivity contribution >= 4 is 11.7 Å². The van der Waals surface area contributed by atoms with E-state index in [2.05, 4.69) is 10.3 Å². The molecule has 1 unspecified atom stereocenters. The summed E-state index contributed by atoms with van der Waals surface area (Å²) in [6.45, 7) is 1.16. The number of carbonyl (C=O) groups excluding carboxylic acids is 1. The molecule has 1 atom stereocenters. The van der Waals surface area contributed by atoms with Crippen LogP contribution in [0.25, 0.3) is 0 Å². The second kappa shape index (κ2) is 8.39. The molecule has 3 rings (SSSR count). The Morgan fingerprint density at radius 1 is 1.26 bits per heavy atom. The maximum Gasteiger partial charge on any atom is 0.418 e. The summed E-state index contributed by atoms with van der Waals surface area (Å²) >= 11 is 0. The van der Waals surface area contributed by atoms with E-state index in [0.29, 0.717) is 13.2 Å².